The van der Waals surface area contributed by atoms with E-state index in [9.17, 15) is 18.0 Å². The number of anilines is 1. The van der Waals surface area contributed by atoms with Crippen LogP contribution in [0.25, 0.3) is 0 Å². The van der Waals surface area contributed by atoms with Gasteiger partial charge in [0.05, 0.1) is 24.8 Å². The minimum Gasteiger partial charge on any atom is -0.493 e. The predicted octanol–water partition coefficient (Wildman–Crippen LogP) is 3.84. The number of benzene rings is 3. The highest BCUT2D eigenvalue weighted by Crippen LogP contribution is 2.32. The normalized spacial score (nSPS) is 11.9. The number of carbonyl (C=O) groups excluding carboxylic acids is 2. The largest absolute Gasteiger partial charge is 0.493 e. The van der Waals surface area contributed by atoms with Gasteiger partial charge in [-0.25, -0.2) is 8.42 Å². The molecule has 0 unspecified atom stereocenters. The molecule has 1 atom stereocenters. The molecule has 1 N–H and O–H groups in total. The Hall–Kier alpha value is -4.05. The lowest BCUT2D eigenvalue weighted by molar-refractivity contribution is -0.139. The molecule has 9 nitrogen and oxygen atoms in total. The summed E-state index contributed by atoms with van der Waals surface area (Å²) >= 11 is 0. The van der Waals surface area contributed by atoms with Gasteiger partial charge in [0.1, 0.15) is 12.6 Å². The predicted molar refractivity (Wildman–Crippen MR) is 150 cm³/mol. The number of amides is 2. The van der Waals surface area contributed by atoms with E-state index < -0.39 is 28.5 Å². The number of methoxy groups -OCH3 is 2. The molecule has 0 saturated carbocycles. The quantitative estimate of drug-likeness (QED) is 0.365. The second kappa shape index (κ2) is 13.1. The summed E-state index contributed by atoms with van der Waals surface area (Å²) in [6, 6.07) is 20.9. The Bertz CT molecular complexity index is 1360. The van der Waals surface area contributed by atoms with E-state index in [1.54, 1.807) is 37.3 Å². The molecule has 0 radical (unpaired) electrons. The topological polar surface area (TPSA) is 105 Å². The standard InChI is InChI=1S/C29H35N3O6S/c1-21(2)30-29(34)22(3)31(19-23-12-8-6-9-13-23)28(33)20-32(24-14-10-7-11-15-24)39(35,36)25-16-17-26(37-4)27(18-25)38-5/h6-18,21-22H,19-20H2,1-5H3,(H,30,34)/t22-/m1/s1. The average molecular weight is 554 g/mol. The summed E-state index contributed by atoms with van der Waals surface area (Å²) in [5.41, 5.74) is 1.11. The van der Waals surface area contributed by atoms with Crippen molar-refractivity contribution in [2.24, 2.45) is 0 Å². The highest BCUT2D eigenvalue weighted by atomic mass is 32.2. The fraction of sp³-hybridized carbons (Fsp3) is 0.310. The smallest absolute Gasteiger partial charge is 0.264 e. The fourth-order valence-corrected chi connectivity index (χ4v) is 5.43. The van der Waals surface area contributed by atoms with Crippen LogP contribution in [0, 0.1) is 0 Å². The van der Waals surface area contributed by atoms with Crippen LogP contribution >= 0.6 is 0 Å². The number of nitrogens with zero attached hydrogens (tertiary/aromatic N) is 2. The Morgan fingerprint density at radius 3 is 2.00 bits per heavy atom. The summed E-state index contributed by atoms with van der Waals surface area (Å²) in [4.78, 5) is 28.1. The van der Waals surface area contributed by atoms with Crippen molar-refractivity contribution in [3.63, 3.8) is 0 Å². The van der Waals surface area contributed by atoms with Crippen LogP contribution in [0.1, 0.15) is 26.3 Å². The number of sulfonamides is 1. The maximum atomic E-state index is 13.9. The van der Waals surface area contributed by atoms with Crippen molar-refractivity contribution in [1.29, 1.82) is 0 Å². The number of ether oxygens (including phenoxy) is 2. The molecule has 0 fully saturated rings. The highest BCUT2D eigenvalue weighted by molar-refractivity contribution is 7.92. The molecule has 3 aromatic rings. The molecular formula is C29H35N3O6S. The fourth-order valence-electron chi connectivity index (χ4n) is 4.00. The minimum absolute atomic E-state index is 0.0722. The first-order valence-corrected chi connectivity index (χ1v) is 14.0. The first-order valence-electron chi connectivity index (χ1n) is 12.5. The van der Waals surface area contributed by atoms with Crippen molar-refractivity contribution < 1.29 is 27.5 Å². The molecule has 0 spiro atoms. The SMILES string of the molecule is COc1ccc(S(=O)(=O)N(CC(=O)N(Cc2ccccc2)[C@H](C)C(=O)NC(C)C)c2ccccc2)cc1OC. The molecule has 0 aliphatic rings. The molecule has 3 rings (SSSR count). The number of hydrogen-bond acceptors (Lipinski definition) is 6. The van der Waals surface area contributed by atoms with Gasteiger partial charge in [0, 0.05) is 18.7 Å². The van der Waals surface area contributed by atoms with E-state index in [0.29, 0.717) is 11.4 Å². The van der Waals surface area contributed by atoms with Crippen molar-refractivity contribution in [2.75, 3.05) is 25.1 Å². The van der Waals surface area contributed by atoms with Crippen molar-refractivity contribution in [3.05, 3.63) is 84.4 Å². The third-order valence-electron chi connectivity index (χ3n) is 6.06. The monoisotopic (exact) mass is 553 g/mol. The van der Waals surface area contributed by atoms with Crippen LogP contribution in [0.5, 0.6) is 11.5 Å². The van der Waals surface area contributed by atoms with Crippen LogP contribution in [0.3, 0.4) is 0 Å². The lowest BCUT2D eigenvalue weighted by atomic mass is 10.1. The molecule has 0 saturated heterocycles. The molecule has 39 heavy (non-hydrogen) atoms. The Morgan fingerprint density at radius 2 is 1.44 bits per heavy atom. The summed E-state index contributed by atoms with van der Waals surface area (Å²) in [6.45, 7) is 4.91. The Kier molecular flexibility index (Phi) is 9.95. The number of hydrogen-bond donors (Lipinski definition) is 1. The lowest BCUT2D eigenvalue weighted by Crippen LogP contribution is -2.52. The van der Waals surface area contributed by atoms with Crippen LogP contribution in [0.4, 0.5) is 5.69 Å². The first-order chi connectivity index (χ1) is 18.6. The number of rotatable bonds is 12. The van der Waals surface area contributed by atoms with E-state index in [1.165, 1.54) is 37.3 Å². The van der Waals surface area contributed by atoms with E-state index >= 15 is 0 Å². The summed E-state index contributed by atoms with van der Waals surface area (Å²) in [6.07, 6.45) is 0. The van der Waals surface area contributed by atoms with Gasteiger partial charge in [-0.2, -0.15) is 0 Å². The van der Waals surface area contributed by atoms with Crippen LogP contribution in [0.2, 0.25) is 0 Å². The second-order valence-corrected chi connectivity index (χ2v) is 11.1. The van der Waals surface area contributed by atoms with Gasteiger partial charge in [0.2, 0.25) is 11.8 Å². The third kappa shape index (κ3) is 7.29. The van der Waals surface area contributed by atoms with Crippen molar-refractivity contribution in [2.45, 2.75) is 44.3 Å². The van der Waals surface area contributed by atoms with Crippen LogP contribution in [-0.2, 0) is 26.2 Å². The number of nitrogens with one attached hydrogen (secondary N) is 1. The maximum absolute atomic E-state index is 13.9. The zero-order valence-electron chi connectivity index (χ0n) is 22.8. The zero-order chi connectivity index (χ0) is 28.6. The minimum atomic E-state index is -4.23. The van der Waals surface area contributed by atoms with E-state index in [2.05, 4.69) is 5.32 Å². The molecule has 0 bridgehead atoms. The van der Waals surface area contributed by atoms with Gasteiger partial charge in [-0.3, -0.25) is 13.9 Å². The third-order valence-corrected chi connectivity index (χ3v) is 7.83. The van der Waals surface area contributed by atoms with E-state index in [4.69, 9.17) is 9.47 Å². The summed E-state index contributed by atoms with van der Waals surface area (Å²) in [5, 5.41) is 2.84. The molecule has 2 amide bonds. The molecule has 208 valence electrons. The van der Waals surface area contributed by atoms with E-state index in [1.807, 2.05) is 44.2 Å². The van der Waals surface area contributed by atoms with E-state index in [0.717, 1.165) is 9.87 Å². The first kappa shape index (κ1) is 29.5. The molecule has 0 aromatic heterocycles. The second-order valence-electron chi connectivity index (χ2n) is 9.21. The molecular weight excluding hydrogens is 518 g/mol. The Balaban J connectivity index is 2.03. The van der Waals surface area contributed by atoms with Crippen molar-refractivity contribution in [3.8, 4) is 11.5 Å². The Labute approximate surface area is 230 Å². The molecule has 0 aliphatic carbocycles. The zero-order valence-corrected chi connectivity index (χ0v) is 23.6. The average Bonchev–Trinajstić information content (AvgIpc) is 2.94. The molecule has 0 aliphatic heterocycles. The van der Waals surface area contributed by atoms with Gasteiger partial charge >= 0.3 is 0 Å². The van der Waals surface area contributed by atoms with Crippen molar-refractivity contribution in [1.82, 2.24) is 10.2 Å². The molecule has 0 heterocycles. The van der Waals surface area contributed by atoms with Gasteiger partial charge in [-0.1, -0.05) is 48.5 Å². The summed E-state index contributed by atoms with van der Waals surface area (Å²) in [5.74, 6) is -0.248. The molecule has 3 aromatic carbocycles. The Morgan fingerprint density at radius 1 is 0.846 bits per heavy atom. The summed E-state index contributed by atoms with van der Waals surface area (Å²) in [7, 11) is -1.36. The molecule has 10 heteroatoms. The van der Waals surface area contributed by atoms with Crippen LogP contribution < -0.4 is 19.1 Å². The van der Waals surface area contributed by atoms with Gasteiger partial charge < -0.3 is 19.7 Å². The highest BCUT2D eigenvalue weighted by Gasteiger charge is 2.33. The van der Waals surface area contributed by atoms with Crippen LogP contribution in [0.15, 0.2) is 83.8 Å². The number of para-hydroxylation sites is 1. The lowest BCUT2D eigenvalue weighted by Gasteiger charge is -2.32. The van der Waals surface area contributed by atoms with Gasteiger partial charge in [-0.15, -0.1) is 0 Å². The van der Waals surface area contributed by atoms with E-state index in [-0.39, 0.29) is 29.1 Å². The van der Waals surface area contributed by atoms with Gasteiger partial charge in [-0.05, 0) is 50.6 Å². The van der Waals surface area contributed by atoms with Gasteiger partial charge in [0.15, 0.2) is 11.5 Å². The van der Waals surface area contributed by atoms with Crippen LogP contribution in [-0.4, -0.2) is 58.0 Å². The van der Waals surface area contributed by atoms with Crippen molar-refractivity contribution >= 4 is 27.5 Å². The maximum Gasteiger partial charge on any atom is 0.264 e. The summed E-state index contributed by atoms with van der Waals surface area (Å²) < 4.78 is 39.5. The van der Waals surface area contributed by atoms with Gasteiger partial charge in [0.25, 0.3) is 10.0 Å². The number of carbonyl (C=O) groups is 2.